The topological polar surface area (TPSA) is 107 Å². The van der Waals surface area contributed by atoms with Crippen LogP contribution in [0.4, 0.5) is 10.8 Å². The lowest BCUT2D eigenvalue weighted by molar-refractivity contribution is -0.131. The minimum Gasteiger partial charge on any atom is -0.427 e. The fraction of sp³-hybridized carbons (Fsp3) is 0.385. The Morgan fingerprint density at radius 2 is 1.83 bits per heavy atom. The minimum absolute atomic E-state index is 0.196. The summed E-state index contributed by atoms with van der Waals surface area (Å²) < 4.78 is 39.6. The van der Waals surface area contributed by atoms with Gasteiger partial charge in [-0.1, -0.05) is 23.5 Å². The van der Waals surface area contributed by atoms with Gasteiger partial charge in [0, 0.05) is 31.9 Å². The molecule has 0 spiro atoms. The van der Waals surface area contributed by atoms with Crippen LogP contribution >= 0.6 is 11.3 Å². The molecule has 4 rings (SSSR count). The molecule has 1 atom stereocenters. The number of nitrogens with one attached hydrogen (secondary N) is 2. The van der Waals surface area contributed by atoms with E-state index in [4.69, 9.17) is 14.5 Å². The fourth-order valence-electron chi connectivity index (χ4n) is 4.25. The minimum atomic E-state index is -3.85. The highest BCUT2D eigenvalue weighted by atomic mass is 32.2. The Morgan fingerprint density at radius 3 is 2.50 bits per heavy atom. The highest BCUT2D eigenvalue weighted by Gasteiger charge is 2.23. The van der Waals surface area contributed by atoms with Crippen molar-refractivity contribution in [3.63, 3.8) is 0 Å². The van der Waals surface area contributed by atoms with Crippen LogP contribution in [0.1, 0.15) is 37.9 Å². The molecule has 0 amide bonds. The monoisotopic (exact) mass is 529 g/mol. The second kappa shape index (κ2) is 11.0. The lowest BCUT2D eigenvalue weighted by Crippen LogP contribution is -2.30. The third-order valence-corrected chi connectivity index (χ3v) is 8.89. The van der Waals surface area contributed by atoms with Crippen molar-refractivity contribution >= 4 is 38.1 Å². The van der Waals surface area contributed by atoms with Gasteiger partial charge in [-0.25, -0.2) is 13.4 Å². The van der Waals surface area contributed by atoms with Gasteiger partial charge in [-0.2, -0.15) is 0 Å². The van der Waals surface area contributed by atoms with E-state index >= 15 is 0 Å². The van der Waals surface area contributed by atoms with Crippen molar-refractivity contribution < 1.29 is 22.7 Å². The first-order valence-corrected chi connectivity index (χ1v) is 14.2. The number of carbonyl (C=O) groups is 1. The maximum Gasteiger partial charge on any atom is 0.308 e. The number of aryl methyl sites for hydroxylation is 2. The first kappa shape index (κ1) is 26.1. The lowest BCUT2D eigenvalue weighted by Gasteiger charge is -2.28. The average molecular weight is 530 g/mol. The van der Waals surface area contributed by atoms with Crippen LogP contribution in [0.2, 0.25) is 0 Å². The van der Waals surface area contributed by atoms with Crippen LogP contribution < -0.4 is 14.8 Å². The molecule has 2 N–H and O–H groups in total. The zero-order valence-corrected chi connectivity index (χ0v) is 22.5. The van der Waals surface area contributed by atoms with E-state index in [-0.39, 0.29) is 10.9 Å². The summed E-state index contributed by atoms with van der Waals surface area (Å²) in [4.78, 5) is 16.9. The number of anilines is 2. The van der Waals surface area contributed by atoms with Crippen molar-refractivity contribution in [2.24, 2.45) is 5.92 Å². The van der Waals surface area contributed by atoms with Gasteiger partial charge in [-0.3, -0.25) is 9.52 Å². The molecule has 1 unspecified atom stereocenters. The summed E-state index contributed by atoms with van der Waals surface area (Å²) in [5.74, 6) is 0.446. The van der Waals surface area contributed by atoms with Crippen molar-refractivity contribution in [2.45, 2.75) is 51.5 Å². The molecule has 1 aliphatic rings. The number of aromatic nitrogens is 1. The second-order valence-electron chi connectivity index (χ2n) is 9.02. The van der Waals surface area contributed by atoms with Crippen molar-refractivity contribution in [1.82, 2.24) is 4.98 Å². The molecule has 36 heavy (non-hydrogen) atoms. The first-order chi connectivity index (χ1) is 17.1. The SMILES string of the molecule is CC(=O)Oc1ccc(NS(=O)(=O)c2cc(-c3sc(NC(C)C4CCOCC4)nc3C)ccc2C)cc1. The van der Waals surface area contributed by atoms with Crippen LogP contribution in [0.15, 0.2) is 47.4 Å². The molecule has 8 nitrogen and oxygen atoms in total. The quantitative estimate of drug-likeness (QED) is 0.298. The van der Waals surface area contributed by atoms with E-state index in [0.717, 1.165) is 47.3 Å². The molecule has 0 saturated carbocycles. The van der Waals surface area contributed by atoms with Crippen molar-refractivity contribution in [3.8, 4) is 16.2 Å². The number of rotatable bonds is 8. The Bertz CT molecular complexity index is 1330. The van der Waals surface area contributed by atoms with Gasteiger partial charge in [0.05, 0.1) is 15.5 Å². The molecule has 192 valence electrons. The van der Waals surface area contributed by atoms with Crippen molar-refractivity contribution in [1.29, 1.82) is 0 Å². The molecular formula is C26H31N3O5S2. The molecule has 1 aliphatic heterocycles. The average Bonchev–Trinajstić information content (AvgIpc) is 3.20. The van der Waals surface area contributed by atoms with Crippen LogP contribution in [-0.2, 0) is 19.6 Å². The highest BCUT2D eigenvalue weighted by Crippen LogP contribution is 2.36. The molecule has 10 heteroatoms. The summed E-state index contributed by atoms with van der Waals surface area (Å²) in [6, 6.07) is 11.9. The molecular weight excluding hydrogens is 498 g/mol. The third kappa shape index (κ3) is 6.24. The molecule has 1 aromatic heterocycles. The summed E-state index contributed by atoms with van der Waals surface area (Å²) in [6.45, 7) is 8.78. The molecule has 2 heterocycles. The molecule has 1 fully saturated rings. The summed E-state index contributed by atoms with van der Waals surface area (Å²) in [5, 5.41) is 4.37. The Kier molecular flexibility index (Phi) is 7.97. The van der Waals surface area contributed by atoms with Crippen LogP contribution in [0.3, 0.4) is 0 Å². The first-order valence-electron chi connectivity index (χ1n) is 11.9. The van der Waals surface area contributed by atoms with E-state index in [0.29, 0.717) is 22.9 Å². The number of thiazole rings is 1. The van der Waals surface area contributed by atoms with Gasteiger partial charge in [0.25, 0.3) is 10.0 Å². The number of hydrogen-bond acceptors (Lipinski definition) is 8. The zero-order valence-electron chi connectivity index (χ0n) is 20.8. The van der Waals surface area contributed by atoms with E-state index in [1.165, 1.54) is 18.3 Å². The maximum atomic E-state index is 13.2. The van der Waals surface area contributed by atoms with Crippen LogP contribution in [0.5, 0.6) is 5.75 Å². The number of ether oxygens (including phenoxy) is 2. The molecule has 0 radical (unpaired) electrons. The van der Waals surface area contributed by atoms with E-state index in [9.17, 15) is 13.2 Å². The third-order valence-electron chi connectivity index (χ3n) is 6.23. The largest absolute Gasteiger partial charge is 0.427 e. The molecule has 1 saturated heterocycles. The normalized spacial score (nSPS) is 15.3. The number of benzene rings is 2. The number of sulfonamides is 1. The Morgan fingerprint density at radius 1 is 1.14 bits per heavy atom. The number of hydrogen-bond donors (Lipinski definition) is 2. The standard InChI is InChI=1S/C26H31N3O5S2/c1-16-5-6-21(25-18(3)28-26(35-25)27-17(2)20-11-13-33-14-12-20)15-24(16)36(31,32)29-22-7-9-23(10-8-22)34-19(4)30/h5-10,15,17,20,29H,11-14H2,1-4H3,(H,27,28). The van der Waals surface area contributed by atoms with E-state index in [2.05, 4.69) is 17.0 Å². The number of carbonyl (C=O) groups excluding carboxylic acids is 1. The molecule has 0 bridgehead atoms. The number of nitrogens with zero attached hydrogens (tertiary/aromatic N) is 1. The van der Waals surface area contributed by atoms with Crippen LogP contribution in [0, 0.1) is 19.8 Å². The van der Waals surface area contributed by atoms with Gasteiger partial charge in [-0.05, 0) is 81.0 Å². The Labute approximate surface area is 216 Å². The summed E-state index contributed by atoms with van der Waals surface area (Å²) in [5.41, 5.74) is 2.66. The van der Waals surface area contributed by atoms with Gasteiger partial charge >= 0.3 is 5.97 Å². The molecule has 2 aromatic carbocycles. The maximum absolute atomic E-state index is 13.2. The van der Waals surface area contributed by atoms with Crippen molar-refractivity contribution in [3.05, 3.63) is 53.7 Å². The lowest BCUT2D eigenvalue weighted by atomic mass is 9.93. The predicted molar refractivity (Wildman–Crippen MR) is 142 cm³/mol. The summed E-state index contributed by atoms with van der Waals surface area (Å²) >= 11 is 1.53. The predicted octanol–water partition coefficient (Wildman–Crippen LogP) is 5.38. The Balaban J connectivity index is 1.54. The highest BCUT2D eigenvalue weighted by molar-refractivity contribution is 7.92. The smallest absolute Gasteiger partial charge is 0.308 e. The Hall–Kier alpha value is -2.95. The zero-order chi connectivity index (χ0) is 25.9. The molecule has 3 aromatic rings. The van der Waals surface area contributed by atoms with Gasteiger partial charge < -0.3 is 14.8 Å². The van der Waals surface area contributed by atoms with Crippen LogP contribution in [-0.4, -0.2) is 38.6 Å². The second-order valence-corrected chi connectivity index (χ2v) is 11.7. The van der Waals surface area contributed by atoms with Crippen molar-refractivity contribution in [2.75, 3.05) is 23.3 Å². The summed E-state index contributed by atoms with van der Waals surface area (Å²) in [6.07, 6.45) is 2.06. The van der Waals surface area contributed by atoms with Gasteiger partial charge in [0.15, 0.2) is 5.13 Å². The van der Waals surface area contributed by atoms with Crippen LogP contribution in [0.25, 0.3) is 10.4 Å². The van der Waals surface area contributed by atoms with Gasteiger partial charge in [0.2, 0.25) is 0 Å². The fourth-order valence-corrected chi connectivity index (χ4v) is 6.64. The van der Waals surface area contributed by atoms with Gasteiger partial charge in [-0.15, -0.1) is 0 Å². The number of esters is 1. The summed E-state index contributed by atoms with van der Waals surface area (Å²) in [7, 11) is -3.85. The van der Waals surface area contributed by atoms with E-state index < -0.39 is 16.0 Å². The van der Waals surface area contributed by atoms with E-state index in [1.807, 2.05) is 19.1 Å². The van der Waals surface area contributed by atoms with E-state index in [1.54, 1.807) is 37.3 Å². The molecule has 0 aliphatic carbocycles. The van der Waals surface area contributed by atoms with Gasteiger partial charge in [0.1, 0.15) is 5.75 Å².